The summed E-state index contributed by atoms with van der Waals surface area (Å²) in [6.45, 7) is 3.14. The van der Waals surface area contributed by atoms with E-state index in [1.807, 2.05) is 24.3 Å². The Labute approximate surface area is 184 Å². The number of sulfone groups is 1. The van der Waals surface area contributed by atoms with Crippen LogP contribution in [-0.2, 0) is 19.9 Å². The van der Waals surface area contributed by atoms with Crippen molar-refractivity contribution >= 4 is 25.8 Å². The molecule has 0 aromatic heterocycles. The van der Waals surface area contributed by atoms with Crippen LogP contribution in [-0.4, -0.2) is 46.8 Å². The molecule has 0 aliphatic carbocycles. The lowest BCUT2D eigenvalue weighted by Crippen LogP contribution is -2.47. The van der Waals surface area contributed by atoms with Crippen LogP contribution in [0, 0.1) is 0 Å². The Morgan fingerprint density at radius 1 is 1.00 bits per heavy atom. The van der Waals surface area contributed by atoms with Gasteiger partial charge in [-0.25, -0.2) is 21.6 Å². The molecule has 2 N–H and O–H groups in total. The average Bonchev–Trinajstić information content (AvgIpc) is 2.73. The molecule has 1 saturated heterocycles. The lowest BCUT2D eigenvalue weighted by Gasteiger charge is -2.32. The molecule has 2 aromatic carbocycles. The normalized spacial score (nSPS) is 21.0. The van der Waals surface area contributed by atoms with E-state index in [0.29, 0.717) is 24.0 Å². The Kier molecular flexibility index (Phi) is 6.88. The van der Waals surface area contributed by atoms with E-state index in [1.54, 1.807) is 45.2 Å². The number of sulfonamides is 1. The number of amides is 1. The number of benzene rings is 2. The number of hydrogen-bond donors (Lipinski definition) is 2. The first kappa shape index (κ1) is 23.4. The summed E-state index contributed by atoms with van der Waals surface area (Å²) in [5, 5.41) is 1.02. The topological polar surface area (TPSA) is 109 Å². The Bertz CT molecular complexity index is 1140. The molecule has 3 rings (SSSR count). The third-order valence-corrected chi connectivity index (χ3v) is 9.68. The second-order valence-corrected chi connectivity index (χ2v) is 12.5. The molecule has 1 heterocycles. The fourth-order valence-electron chi connectivity index (χ4n) is 3.76. The fourth-order valence-corrected chi connectivity index (χ4v) is 6.90. The van der Waals surface area contributed by atoms with Crippen LogP contribution in [0.4, 0.5) is 0 Å². The van der Waals surface area contributed by atoms with Gasteiger partial charge in [-0.3, -0.25) is 4.79 Å². The van der Waals surface area contributed by atoms with Gasteiger partial charge in [-0.1, -0.05) is 36.4 Å². The molecule has 168 valence electrons. The number of hydrogen-bond acceptors (Lipinski definition) is 5. The largest absolute Gasteiger partial charge is 0.355 e. The van der Waals surface area contributed by atoms with Crippen LogP contribution >= 0.6 is 0 Å². The maximum Gasteiger partial charge on any atom is 0.251 e. The summed E-state index contributed by atoms with van der Waals surface area (Å²) < 4.78 is 53.1. The predicted octanol–water partition coefficient (Wildman–Crippen LogP) is 2.66. The molecule has 1 fully saturated rings. The van der Waals surface area contributed by atoms with E-state index >= 15 is 0 Å². The highest BCUT2D eigenvalue weighted by Crippen LogP contribution is 2.35. The van der Waals surface area contributed by atoms with E-state index in [9.17, 15) is 21.6 Å². The summed E-state index contributed by atoms with van der Waals surface area (Å²) in [6, 6.07) is 13.6. The molecule has 2 atom stereocenters. The van der Waals surface area contributed by atoms with Crippen molar-refractivity contribution in [2.24, 2.45) is 0 Å². The molecule has 2 aromatic rings. The second kappa shape index (κ2) is 9.10. The van der Waals surface area contributed by atoms with Gasteiger partial charge in [0, 0.05) is 18.7 Å². The molecule has 0 bridgehead atoms. The maximum atomic E-state index is 12.9. The van der Waals surface area contributed by atoms with Crippen LogP contribution in [0.5, 0.6) is 0 Å². The van der Waals surface area contributed by atoms with E-state index in [-0.39, 0.29) is 11.7 Å². The van der Waals surface area contributed by atoms with E-state index in [2.05, 4.69) is 10.0 Å². The van der Waals surface area contributed by atoms with Crippen molar-refractivity contribution in [3.8, 4) is 11.1 Å². The molecule has 2 unspecified atom stereocenters. The molecule has 1 amide bonds. The van der Waals surface area contributed by atoms with Gasteiger partial charge in [-0.15, -0.1) is 0 Å². The van der Waals surface area contributed by atoms with Crippen LogP contribution in [0.3, 0.4) is 0 Å². The molecule has 7 nitrogen and oxygen atoms in total. The zero-order valence-corrected chi connectivity index (χ0v) is 19.5. The summed E-state index contributed by atoms with van der Waals surface area (Å²) in [5.74, 6) is -0.125. The third-order valence-electron chi connectivity index (χ3n) is 5.58. The molecule has 0 radical (unpaired) electrons. The van der Waals surface area contributed by atoms with Gasteiger partial charge < -0.3 is 5.32 Å². The Morgan fingerprint density at radius 2 is 1.55 bits per heavy atom. The minimum Gasteiger partial charge on any atom is -0.355 e. The van der Waals surface area contributed by atoms with Crippen molar-refractivity contribution in [1.82, 2.24) is 10.0 Å². The van der Waals surface area contributed by atoms with Gasteiger partial charge in [0.15, 0.2) is 9.84 Å². The smallest absolute Gasteiger partial charge is 0.251 e. The van der Waals surface area contributed by atoms with Gasteiger partial charge in [0.05, 0.1) is 11.0 Å². The highest BCUT2D eigenvalue weighted by molar-refractivity contribution is 7.92. The van der Waals surface area contributed by atoms with E-state index in [1.165, 1.54) is 0 Å². The van der Waals surface area contributed by atoms with Crippen LogP contribution in [0.2, 0.25) is 0 Å². The molecular formula is C22H28N2O5S2. The molecule has 1 aliphatic rings. The number of rotatable bonds is 6. The van der Waals surface area contributed by atoms with Crippen LogP contribution in [0.15, 0.2) is 48.5 Å². The zero-order valence-electron chi connectivity index (χ0n) is 17.8. The highest BCUT2D eigenvalue weighted by Gasteiger charge is 2.40. The second-order valence-electron chi connectivity index (χ2n) is 8.03. The van der Waals surface area contributed by atoms with Crippen molar-refractivity contribution < 1.29 is 21.6 Å². The van der Waals surface area contributed by atoms with Crippen molar-refractivity contribution in [3.05, 3.63) is 59.7 Å². The minimum atomic E-state index is -3.60. The summed E-state index contributed by atoms with van der Waals surface area (Å²) in [7, 11) is -5.52. The molecule has 9 heteroatoms. The van der Waals surface area contributed by atoms with Crippen LogP contribution < -0.4 is 10.0 Å². The third kappa shape index (κ3) is 5.16. The Hall–Kier alpha value is -2.23. The fraction of sp³-hybridized carbons (Fsp3) is 0.409. The Balaban J connectivity index is 1.90. The predicted molar refractivity (Wildman–Crippen MR) is 122 cm³/mol. The molecule has 0 spiro atoms. The first-order valence-electron chi connectivity index (χ1n) is 10.2. The maximum absolute atomic E-state index is 12.9. The summed E-state index contributed by atoms with van der Waals surface area (Å²) in [6.07, 6.45) is 0.901. The number of nitrogens with one attached hydrogen (secondary N) is 2. The molecular weight excluding hydrogens is 436 g/mol. The van der Waals surface area contributed by atoms with Gasteiger partial charge in [-0.05, 0) is 55.5 Å². The zero-order chi connectivity index (χ0) is 22.8. The van der Waals surface area contributed by atoms with E-state index < -0.39 is 36.4 Å². The Morgan fingerprint density at radius 3 is 2.06 bits per heavy atom. The average molecular weight is 465 g/mol. The summed E-state index contributed by atoms with van der Waals surface area (Å²) >= 11 is 0. The highest BCUT2D eigenvalue weighted by atomic mass is 32.2. The molecule has 1 aliphatic heterocycles. The molecule has 0 saturated carbocycles. The van der Waals surface area contributed by atoms with Crippen molar-refractivity contribution in [2.75, 3.05) is 12.8 Å². The van der Waals surface area contributed by atoms with Gasteiger partial charge in [-0.2, -0.15) is 0 Å². The van der Waals surface area contributed by atoms with Crippen molar-refractivity contribution in [2.45, 2.75) is 43.2 Å². The minimum absolute atomic E-state index is 0.0419. The van der Waals surface area contributed by atoms with Crippen molar-refractivity contribution in [1.29, 1.82) is 0 Å². The van der Waals surface area contributed by atoms with Crippen molar-refractivity contribution in [3.63, 3.8) is 0 Å². The SMILES string of the molecule is CNC(=O)c1ccc(-c2ccc(C3C(NS(=O)(=O)C(C)C)CCCS3(=O)=O)cc2)cc1. The first-order valence-corrected chi connectivity index (χ1v) is 13.5. The standard InChI is InChI=1S/C22H28N2O5S2/c1-15(2)31(28,29)24-20-5-4-14-30(26,27)21(20)18-10-6-16(7-11-18)17-8-12-19(13-9-17)22(25)23-3/h6-13,15,20-21,24H,4-5,14H2,1-3H3,(H,23,25). The summed E-state index contributed by atoms with van der Waals surface area (Å²) in [5.41, 5.74) is 2.89. The van der Waals surface area contributed by atoms with Crippen LogP contribution in [0.25, 0.3) is 11.1 Å². The summed E-state index contributed by atoms with van der Waals surface area (Å²) in [4.78, 5) is 11.7. The quantitative estimate of drug-likeness (QED) is 0.683. The monoisotopic (exact) mass is 464 g/mol. The lowest BCUT2D eigenvalue weighted by molar-refractivity contribution is 0.0963. The van der Waals surface area contributed by atoms with Gasteiger partial charge in [0.1, 0.15) is 5.25 Å². The molecule has 31 heavy (non-hydrogen) atoms. The first-order chi connectivity index (χ1) is 14.5. The van der Waals surface area contributed by atoms with E-state index in [0.717, 1.165) is 11.1 Å². The van der Waals surface area contributed by atoms with Gasteiger partial charge in [0.25, 0.3) is 5.91 Å². The number of carbonyl (C=O) groups is 1. The van der Waals surface area contributed by atoms with Crippen LogP contribution in [0.1, 0.15) is 47.9 Å². The number of carbonyl (C=O) groups excluding carboxylic acids is 1. The van der Waals surface area contributed by atoms with E-state index in [4.69, 9.17) is 0 Å². The van der Waals surface area contributed by atoms with Gasteiger partial charge >= 0.3 is 0 Å². The van der Waals surface area contributed by atoms with Gasteiger partial charge in [0.2, 0.25) is 10.0 Å². The lowest BCUT2D eigenvalue weighted by atomic mass is 9.98.